The number of rotatable bonds is 7. The average Bonchev–Trinajstić information content (AvgIpc) is 3.43. The standard InChI is InChI=1S/C24H21F3N4O4/c1-35-23(34)18-14-30(11-12-32)22(33)21(18)28-16-9-7-15(8-10-16)19-13-20(24(25,26)27)29-31(19)17-5-3-2-4-6-17/h2-10,13,28,32H,11-12,14H2,1H3. The van der Waals surface area contributed by atoms with E-state index in [4.69, 9.17) is 4.74 Å². The number of carbonyl (C=O) groups excluding carboxylic acids is 2. The predicted molar refractivity (Wildman–Crippen MR) is 120 cm³/mol. The molecule has 1 aliphatic heterocycles. The Morgan fingerprint density at radius 3 is 2.43 bits per heavy atom. The topological polar surface area (TPSA) is 96.7 Å². The molecule has 1 amide bonds. The van der Waals surface area contributed by atoms with Crippen LogP contribution in [-0.2, 0) is 20.5 Å². The Bertz CT molecular complexity index is 1270. The summed E-state index contributed by atoms with van der Waals surface area (Å²) in [5.41, 5.74) is 0.713. The summed E-state index contributed by atoms with van der Waals surface area (Å²) >= 11 is 0. The molecule has 0 spiro atoms. The summed E-state index contributed by atoms with van der Waals surface area (Å²) in [5, 5.41) is 15.8. The van der Waals surface area contributed by atoms with Crippen LogP contribution >= 0.6 is 0 Å². The van der Waals surface area contributed by atoms with E-state index in [1.165, 1.54) is 16.7 Å². The van der Waals surface area contributed by atoms with Crippen LogP contribution in [0.4, 0.5) is 18.9 Å². The second-order valence-electron chi connectivity index (χ2n) is 7.66. The van der Waals surface area contributed by atoms with Crippen LogP contribution in [0.15, 0.2) is 71.9 Å². The number of amides is 1. The third kappa shape index (κ3) is 4.90. The number of anilines is 1. The second-order valence-corrected chi connectivity index (χ2v) is 7.66. The van der Waals surface area contributed by atoms with Crippen LogP contribution in [0, 0.1) is 0 Å². The molecule has 0 fully saturated rings. The average molecular weight is 486 g/mol. The van der Waals surface area contributed by atoms with Crippen molar-refractivity contribution >= 4 is 17.6 Å². The largest absolute Gasteiger partial charge is 0.466 e. The lowest BCUT2D eigenvalue weighted by molar-refractivity contribution is -0.141. The van der Waals surface area contributed by atoms with Crippen molar-refractivity contribution in [1.29, 1.82) is 0 Å². The number of para-hydroxylation sites is 1. The number of nitrogens with one attached hydrogen (secondary N) is 1. The Morgan fingerprint density at radius 2 is 1.83 bits per heavy atom. The van der Waals surface area contributed by atoms with Crippen molar-refractivity contribution in [3.63, 3.8) is 0 Å². The minimum atomic E-state index is -4.61. The van der Waals surface area contributed by atoms with Gasteiger partial charge in [0.15, 0.2) is 5.69 Å². The van der Waals surface area contributed by atoms with Crippen molar-refractivity contribution in [2.45, 2.75) is 6.18 Å². The molecule has 35 heavy (non-hydrogen) atoms. The van der Waals surface area contributed by atoms with Gasteiger partial charge in [-0.05, 0) is 30.3 Å². The number of aliphatic hydroxyl groups excluding tert-OH is 1. The van der Waals surface area contributed by atoms with Crippen molar-refractivity contribution in [2.24, 2.45) is 0 Å². The first-order chi connectivity index (χ1) is 16.7. The van der Waals surface area contributed by atoms with Gasteiger partial charge in [-0.15, -0.1) is 0 Å². The van der Waals surface area contributed by atoms with Crippen LogP contribution in [0.1, 0.15) is 5.69 Å². The Balaban J connectivity index is 1.66. The molecule has 8 nitrogen and oxygen atoms in total. The van der Waals surface area contributed by atoms with E-state index in [0.717, 1.165) is 6.07 Å². The lowest BCUT2D eigenvalue weighted by Crippen LogP contribution is -2.31. The van der Waals surface area contributed by atoms with E-state index in [1.807, 2.05) is 0 Å². The number of aliphatic hydroxyl groups is 1. The van der Waals surface area contributed by atoms with Gasteiger partial charge < -0.3 is 20.1 Å². The van der Waals surface area contributed by atoms with E-state index in [-0.39, 0.29) is 36.7 Å². The number of hydrogen-bond donors (Lipinski definition) is 2. The van der Waals surface area contributed by atoms with Gasteiger partial charge in [0.25, 0.3) is 5.91 Å². The Morgan fingerprint density at radius 1 is 1.14 bits per heavy atom. The normalized spacial score (nSPS) is 14.0. The highest BCUT2D eigenvalue weighted by Crippen LogP contribution is 2.34. The fraction of sp³-hybridized carbons (Fsp3) is 0.208. The van der Waals surface area contributed by atoms with E-state index in [2.05, 4.69) is 10.4 Å². The van der Waals surface area contributed by atoms with Crippen molar-refractivity contribution in [3.05, 3.63) is 77.6 Å². The van der Waals surface area contributed by atoms with Crippen LogP contribution in [0.5, 0.6) is 0 Å². The number of hydrogen-bond acceptors (Lipinski definition) is 6. The third-order valence-electron chi connectivity index (χ3n) is 5.40. The van der Waals surface area contributed by atoms with Gasteiger partial charge in [-0.25, -0.2) is 9.48 Å². The Hall–Kier alpha value is -4.12. The first-order valence-corrected chi connectivity index (χ1v) is 10.5. The van der Waals surface area contributed by atoms with Crippen LogP contribution in [0.3, 0.4) is 0 Å². The maximum atomic E-state index is 13.4. The summed E-state index contributed by atoms with van der Waals surface area (Å²) in [4.78, 5) is 26.1. The lowest BCUT2D eigenvalue weighted by Gasteiger charge is -2.15. The van der Waals surface area contributed by atoms with E-state index >= 15 is 0 Å². The van der Waals surface area contributed by atoms with E-state index in [9.17, 15) is 27.9 Å². The zero-order valence-corrected chi connectivity index (χ0v) is 18.5. The summed E-state index contributed by atoms with van der Waals surface area (Å²) in [6.07, 6.45) is -4.61. The number of ether oxygens (including phenoxy) is 1. The predicted octanol–water partition coefficient (Wildman–Crippen LogP) is 3.23. The van der Waals surface area contributed by atoms with Crippen molar-refractivity contribution in [3.8, 4) is 16.9 Å². The minimum Gasteiger partial charge on any atom is -0.466 e. The highest BCUT2D eigenvalue weighted by Gasteiger charge is 2.36. The number of alkyl halides is 3. The maximum absolute atomic E-state index is 13.4. The summed E-state index contributed by atoms with van der Waals surface area (Å²) in [6, 6.07) is 15.8. The molecule has 3 aromatic rings. The van der Waals surface area contributed by atoms with Gasteiger partial charge in [-0.3, -0.25) is 4.79 Å². The van der Waals surface area contributed by atoms with Crippen molar-refractivity contribution in [1.82, 2.24) is 14.7 Å². The van der Waals surface area contributed by atoms with Gasteiger partial charge in [0.1, 0.15) is 5.70 Å². The van der Waals surface area contributed by atoms with Gasteiger partial charge >= 0.3 is 12.1 Å². The molecular formula is C24H21F3N4O4. The quantitative estimate of drug-likeness (QED) is 0.498. The first-order valence-electron chi connectivity index (χ1n) is 10.5. The number of halogens is 3. The molecule has 2 heterocycles. The molecule has 2 N–H and O–H groups in total. The molecule has 11 heteroatoms. The molecule has 0 aliphatic carbocycles. The van der Waals surface area contributed by atoms with Crippen molar-refractivity contribution < 1.29 is 32.6 Å². The smallest absolute Gasteiger partial charge is 0.435 e. The lowest BCUT2D eigenvalue weighted by atomic mass is 10.1. The fourth-order valence-corrected chi connectivity index (χ4v) is 3.71. The molecule has 182 valence electrons. The van der Waals surface area contributed by atoms with Gasteiger partial charge in [0.2, 0.25) is 0 Å². The van der Waals surface area contributed by atoms with Crippen LogP contribution in [-0.4, -0.2) is 58.5 Å². The number of esters is 1. The Labute approximate surface area is 198 Å². The van der Waals surface area contributed by atoms with Gasteiger partial charge in [0.05, 0.1) is 37.2 Å². The molecule has 1 aliphatic rings. The zero-order valence-electron chi connectivity index (χ0n) is 18.5. The highest BCUT2D eigenvalue weighted by atomic mass is 19.4. The Kier molecular flexibility index (Phi) is 6.61. The SMILES string of the molecule is COC(=O)C1=C(Nc2ccc(-c3cc(C(F)(F)F)nn3-c3ccccc3)cc2)C(=O)N(CCO)C1. The van der Waals surface area contributed by atoms with Gasteiger partial charge in [-0.2, -0.15) is 18.3 Å². The van der Waals surface area contributed by atoms with E-state index < -0.39 is 23.7 Å². The molecular weight excluding hydrogens is 465 g/mol. The first kappa shape index (κ1) is 24.0. The number of benzene rings is 2. The number of aromatic nitrogens is 2. The molecule has 4 rings (SSSR count). The monoisotopic (exact) mass is 486 g/mol. The molecule has 2 aromatic carbocycles. The van der Waals surface area contributed by atoms with Crippen molar-refractivity contribution in [2.75, 3.05) is 32.1 Å². The number of nitrogens with zero attached hydrogens (tertiary/aromatic N) is 3. The molecule has 0 atom stereocenters. The number of methoxy groups -OCH3 is 1. The van der Waals surface area contributed by atoms with E-state index in [1.54, 1.807) is 54.6 Å². The minimum absolute atomic E-state index is 0.0109. The van der Waals surface area contributed by atoms with Crippen LogP contribution in [0.25, 0.3) is 16.9 Å². The maximum Gasteiger partial charge on any atom is 0.435 e. The van der Waals surface area contributed by atoms with Gasteiger partial charge in [-0.1, -0.05) is 30.3 Å². The molecule has 0 bridgehead atoms. The third-order valence-corrected chi connectivity index (χ3v) is 5.40. The van der Waals surface area contributed by atoms with E-state index in [0.29, 0.717) is 16.9 Å². The molecule has 0 unspecified atom stereocenters. The number of β-amino-alcohol motifs (C(OH)–C–C–N with tert-alkyl or cyclic N) is 1. The summed E-state index contributed by atoms with van der Waals surface area (Å²) in [5.74, 6) is -1.15. The molecule has 0 saturated heterocycles. The summed E-state index contributed by atoms with van der Waals surface area (Å²) < 4.78 is 46.1. The molecule has 1 aromatic heterocycles. The number of carbonyl (C=O) groups is 2. The summed E-state index contributed by atoms with van der Waals surface area (Å²) in [7, 11) is 1.20. The highest BCUT2D eigenvalue weighted by molar-refractivity contribution is 6.08. The van der Waals surface area contributed by atoms with Crippen LogP contribution in [0.2, 0.25) is 0 Å². The fourth-order valence-electron chi connectivity index (χ4n) is 3.71. The molecule has 0 radical (unpaired) electrons. The molecule has 0 saturated carbocycles. The van der Waals surface area contributed by atoms with Gasteiger partial charge in [0, 0.05) is 17.8 Å². The second kappa shape index (κ2) is 9.63. The van der Waals surface area contributed by atoms with Crippen LogP contribution < -0.4 is 5.32 Å². The summed E-state index contributed by atoms with van der Waals surface area (Å²) in [6.45, 7) is -0.228. The zero-order chi connectivity index (χ0) is 25.2.